The number of esters is 1. The van der Waals surface area contributed by atoms with Gasteiger partial charge in [0.1, 0.15) is 11.6 Å². The zero-order valence-corrected chi connectivity index (χ0v) is 25.6. The maximum atomic E-state index is 12.7. The summed E-state index contributed by atoms with van der Waals surface area (Å²) in [6.45, 7) is 15.0. The summed E-state index contributed by atoms with van der Waals surface area (Å²) < 4.78 is 36.1. The number of hydrogen-bond acceptors (Lipinski definition) is 12. The smallest absolute Gasteiger partial charge is 0.468 e. The van der Waals surface area contributed by atoms with Gasteiger partial charge in [0.25, 0.3) is 0 Å². The fourth-order valence-electron chi connectivity index (χ4n) is 3.35. The third-order valence-corrected chi connectivity index (χ3v) is 5.13. The molecule has 0 aromatic heterocycles. The van der Waals surface area contributed by atoms with Gasteiger partial charge >= 0.3 is 24.4 Å². The maximum absolute atomic E-state index is 12.7. The summed E-state index contributed by atoms with van der Waals surface area (Å²) in [5.74, 6) is -1.03. The second-order valence-corrected chi connectivity index (χ2v) is 12.2. The first-order valence-electron chi connectivity index (χ1n) is 13.4. The van der Waals surface area contributed by atoms with E-state index < -0.39 is 36.1 Å². The second kappa shape index (κ2) is 15.5. The highest BCUT2D eigenvalue weighted by molar-refractivity contribution is 5.81. The molecule has 12 heteroatoms. The molecular formula is C29H45NO11. The van der Waals surface area contributed by atoms with Crippen LogP contribution in [0.5, 0.6) is 11.5 Å². The van der Waals surface area contributed by atoms with Gasteiger partial charge in [0, 0.05) is 12.8 Å². The van der Waals surface area contributed by atoms with Gasteiger partial charge in [-0.1, -0.05) is 54.5 Å². The summed E-state index contributed by atoms with van der Waals surface area (Å²) in [4.78, 5) is 49.4. The van der Waals surface area contributed by atoms with Crippen LogP contribution in [-0.4, -0.2) is 63.0 Å². The number of rotatable bonds is 12. The number of carbonyl (C=O) groups is 4. The SMILES string of the molecule is CCCOC(=O)O[C@@H](C)CC(N)(Cc1ccc(OC(=O)OCC(C)(C)C)c(OC(=O)OCC(C)(C)C)c1)C(=O)OC. The van der Waals surface area contributed by atoms with Crippen LogP contribution in [-0.2, 0) is 34.9 Å². The predicted octanol–water partition coefficient (Wildman–Crippen LogP) is 5.56. The molecule has 0 bridgehead atoms. The Hall–Kier alpha value is -3.54. The highest BCUT2D eigenvalue weighted by atomic mass is 16.7. The Labute approximate surface area is 242 Å². The van der Waals surface area contributed by atoms with E-state index in [4.69, 9.17) is 38.9 Å². The molecule has 2 atom stereocenters. The van der Waals surface area contributed by atoms with Crippen molar-refractivity contribution in [3.63, 3.8) is 0 Å². The molecule has 41 heavy (non-hydrogen) atoms. The number of hydrogen-bond donors (Lipinski definition) is 1. The summed E-state index contributed by atoms with van der Waals surface area (Å²) in [6.07, 6.45) is -3.30. The summed E-state index contributed by atoms with van der Waals surface area (Å²) in [5, 5.41) is 0. The van der Waals surface area contributed by atoms with Gasteiger partial charge in [-0.05, 0) is 41.9 Å². The highest BCUT2D eigenvalue weighted by Crippen LogP contribution is 2.32. The van der Waals surface area contributed by atoms with Crippen molar-refractivity contribution in [3.8, 4) is 11.5 Å². The maximum Gasteiger partial charge on any atom is 0.513 e. The van der Waals surface area contributed by atoms with E-state index in [2.05, 4.69) is 0 Å². The molecule has 2 N–H and O–H groups in total. The molecule has 232 valence electrons. The van der Waals surface area contributed by atoms with E-state index in [9.17, 15) is 19.2 Å². The number of carbonyl (C=O) groups excluding carboxylic acids is 4. The first kappa shape index (κ1) is 35.5. The van der Waals surface area contributed by atoms with Gasteiger partial charge in [-0.25, -0.2) is 14.4 Å². The number of ether oxygens (including phenoxy) is 7. The average Bonchev–Trinajstić information content (AvgIpc) is 2.85. The lowest BCUT2D eigenvalue weighted by Gasteiger charge is -2.29. The van der Waals surface area contributed by atoms with E-state index in [1.54, 1.807) is 6.92 Å². The molecule has 1 aromatic carbocycles. The summed E-state index contributed by atoms with van der Waals surface area (Å²) in [5.41, 5.74) is 4.62. The van der Waals surface area contributed by atoms with Crippen molar-refractivity contribution in [2.45, 2.75) is 86.3 Å². The van der Waals surface area contributed by atoms with E-state index >= 15 is 0 Å². The number of benzene rings is 1. The Balaban J connectivity index is 3.24. The van der Waals surface area contributed by atoms with Gasteiger partial charge in [-0.15, -0.1) is 0 Å². The van der Waals surface area contributed by atoms with Crippen molar-refractivity contribution < 1.29 is 52.3 Å². The van der Waals surface area contributed by atoms with Crippen molar-refractivity contribution in [2.75, 3.05) is 26.9 Å². The van der Waals surface area contributed by atoms with Crippen molar-refractivity contribution in [1.82, 2.24) is 0 Å². The molecule has 1 aromatic rings. The molecule has 1 unspecified atom stereocenters. The normalized spacial score (nSPS) is 13.7. The number of nitrogens with two attached hydrogens (primary N) is 1. The molecule has 0 fully saturated rings. The summed E-state index contributed by atoms with van der Waals surface area (Å²) in [6, 6.07) is 4.29. The Morgan fingerprint density at radius 3 is 1.85 bits per heavy atom. The minimum absolute atomic E-state index is 0.0716. The highest BCUT2D eigenvalue weighted by Gasteiger charge is 2.38. The van der Waals surface area contributed by atoms with Crippen molar-refractivity contribution in [2.24, 2.45) is 16.6 Å². The van der Waals surface area contributed by atoms with E-state index in [1.807, 2.05) is 48.5 Å². The molecule has 0 aliphatic rings. The van der Waals surface area contributed by atoms with Crippen LogP contribution < -0.4 is 15.2 Å². The molecule has 1 rings (SSSR count). The van der Waals surface area contributed by atoms with E-state index in [0.717, 1.165) is 0 Å². The molecule has 12 nitrogen and oxygen atoms in total. The van der Waals surface area contributed by atoms with Crippen LogP contribution >= 0.6 is 0 Å². The largest absolute Gasteiger partial charge is 0.513 e. The van der Waals surface area contributed by atoms with Gasteiger partial charge < -0.3 is 38.9 Å². The van der Waals surface area contributed by atoms with Crippen LogP contribution in [0.15, 0.2) is 18.2 Å². The predicted molar refractivity (Wildman–Crippen MR) is 149 cm³/mol. The Morgan fingerprint density at radius 2 is 1.37 bits per heavy atom. The van der Waals surface area contributed by atoms with Crippen LogP contribution in [0, 0.1) is 10.8 Å². The molecule has 0 heterocycles. The van der Waals surface area contributed by atoms with Gasteiger partial charge in [-0.3, -0.25) is 4.79 Å². The van der Waals surface area contributed by atoms with Crippen molar-refractivity contribution in [3.05, 3.63) is 23.8 Å². The number of methoxy groups -OCH3 is 1. The molecule has 0 spiro atoms. The molecule has 0 radical (unpaired) electrons. The standard InChI is InChI=1S/C29H45NO11/c1-10-13-36-24(32)39-19(2)15-29(30,23(31)35-9)16-20-11-12-21(40-25(33)37-17-27(3,4)5)22(14-20)41-26(34)38-18-28(6,7)8/h11-12,14,19H,10,13,15-18,30H2,1-9H3/t19-,29?/m0/s1. The molecule has 0 aliphatic carbocycles. The lowest BCUT2D eigenvalue weighted by atomic mass is 9.86. The Bertz CT molecular complexity index is 1040. The average molecular weight is 584 g/mol. The van der Waals surface area contributed by atoms with Crippen LogP contribution in [0.3, 0.4) is 0 Å². The summed E-state index contributed by atoms with van der Waals surface area (Å²) in [7, 11) is 1.19. The molecular weight excluding hydrogens is 538 g/mol. The zero-order chi connectivity index (χ0) is 31.4. The zero-order valence-electron chi connectivity index (χ0n) is 25.6. The van der Waals surface area contributed by atoms with Crippen molar-refractivity contribution >= 4 is 24.4 Å². The Morgan fingerprint density at radius 1 is 0.829 bits per heavy atom. The molecule has 0 saturated carbocycles. The molecule has 0 saturated heterocycles. The fraction of sp³-hybridized carbons (Fsp3) is 0.655. The van der Waals surface area contributed by atoms with E-state index in [0.29, 0.717) is 12.0 Å². The van der Waals surface area contributed by atoms with Gasteiger partial charge in [0.05, 0.1) is 26.9 Å². The van der Waals surface area contributed by atoms with E-state index in [-0.39, 0.29) is 55.0 Å². The van der Waals surface area contributed by atoms with Crippen LogP contribution in [0.1, 0.15) is 73.8 Å². The molecule has 0 amide bonds. The van der Waals surface area contributed by atoms with Gasteiger partial charge in [0.15, 0.2) is 11.5 Å². The topological polar surface area (TPSA) is 159 Å². The first-order chi connectivity index (χ1) is 18.9. The van der Waals surface area contributed by atoms with Crippen molar-refractivity contribution in [1.29, 1.82) is 0 Å². The minimum Gasteiger partial charge on any atom is -0.468 e. The lowest BCUT2D eigenvalue weighted by Crippen LogP contribution is -2.53. The third kappa shape index (κ3) is 14.1. The van der Waals surface area contributed by atoms with E-state index in [1.165, 1.54) is 25.3 Å². The van der Waals surface area contributed by atoms with Crippen LogP contribution in [0.4, 0.5) is 14.4 Å². The Kier molecular flexibility index (Phi) is 13.4. The fourth-order valence-corrected chi connectivity index (χ4v) is 3.35. The quantitative estimate of drug-likeness (QED) is 0.186. The molecule has 0 aliphatic heterocycles. The van der Waals surface area contributed by atoms with Crippen LogP contribution in [0.25, 0.3) is 0 Å². The minimum atomic E-state index is -1.64. The van der Waals surface area contributed by atoms with Gasteiger partial charge in [-0.2, -0.15) is 0 Å². The van der Waals surface area contributed by atoms with Crippen LogP contribution in [0.2, 0.25) is 0 Å². The van der Waals surface area contributed by atoms with Gasteiger partial charge in [0.2, 0.25) is 0 Å². The monoisotopic (exact) mass is 583 g/mol. The lowest BCUT2D eigenvalue weighted by molar-refractivity contribution is -0.148. The third-order valence-electron chi connectivity index (χ3n) is 5.13. The second-order valence-electron chi connectivity index (χ2n) is 12.2. The summed E-state index contributed by atoms with van der Waals surface area (Å²) >= 11 is 0. The first-order valence-corrected chi connectivity index (χ1v) is 13.4.